The summed E-state index contributed by atoms with van der Waals surface area (Å²) in [7, 11) is 1.11. The number of methoxy groups -OCH3 is 1. The van der Waals surface area contributed by atoms with Crippen LogP contribution in [0.1, 0.15) is 51.5 Å². The molecule has 3 N–H and O–H groups in total. The Kier molecular flexibility index (Phi) is 8.28. The van der Waals surface area contributed by atoms with E-state index in [1.165, 1.54) is 0 Å². The highest BCUT2D eigenvalue weighted by Crippen LogP contribution is 2.47. The van der Waals surface area contributed by atoms with Crippen molar-refractivity contribution in [2.24, 2.45) is 17.8 Å². The second-order valence-electron chi connectivity index (χ2n) is 8.83. The van der Waals surface area contributed by atoms with E-state index in [4.69, 9.17) is 0 Å². The first-order valence-electron chi connectivity index (χ1n) is 11.7. The number of benzene rings is 1. The number of aliphatic hydroxyl groups is 2. The van der Waals surface area contributed by atoms with Crippen LogP contribution in [0, 0.1) is 17.8 Å². The minimum absolute atomic E-state index is 0.182. The first-order valence-corrected chi connectivity index (χ1v) is 11.7. The number of phenols is 1. The average Bonchev–Trinajstić information content (AvgIpc) is 3.09. The van der Waals surface area contributed by atoms with Gasteiger partial charge in [0.05, 0.1) is 31.7 Å². The van der Waals surface area contributed by atoms with Crippen LogP contribution in [0.5, 0.6) is 5.75 Å². The number of likely N-dealkylation sites (tertiary alicyclic amines) is 1. The summed E-state index contributed by atoms with van der Waals surface area (Å²) in [6, 6.07) is 6.93. The van der Waals surface area contributed by atoms with Gasteiger partial charge in [-0.1, -0.05) is 43.2 Å². The van der Waals surface area contributed by atoms with E-state index in [0.717, 1.165) is 30.2 Å². The molecule has 1 aliphatic carbocycles. The molecule has 1 aromatic rings. The van der Waals surface area contributed by atoms with Crippen molar-refractivity contribution in [3.8, 4) is 5.75 Å². The van der Waals surface area contributed by atoms with Gasteiger partial charge >= 0.3 is 6.09 Å². The van der Waals surface area contributed by atoms with Crippen molar-refractivity contribution in [2.75, 3.05) is 13.7 Å². The second kappa shape index (κ2) is 11.0. The van der Waals surface area contributed by atoms with Crippen LogP contribution in [0.2, 0.25) is 0 Å². The van der Waals surface area contributed by atoms with E-state index >= 15 is 0 Å². The van der Waals surface area contributed by atoms with Crippen molar-refractivity contribution in [1.29, 1.82) is 0 Å². The molecular formula is C26H33NO7. The van der Waals surface area contributed by atoms with Crippen LogP contribution in [0.25, 0.3) is 6.08 Å². The third-order valence-corrected chi connectivity index (χ3v) is 6.96. The van der Waals surface area contributed by atoms with Crippen LogP contribution in [0.3, 0.4) is 0 Å². The number of hydrogen-bond donors (Lipinski definition) is 3. The summed E-state index contributed by atoms with van der Waals surface area (Å²) < 4.78 is 4.61. The van der Waals surface area contributed by atoms with Crippen LogP contribution >= 0.6 is 0 Å². The Morgan fingerprint density at radius 1 is 1.26 bits per heavy atom. The maximum Gasteiger partial charge on any atom is 0.423 e. The quantitative estimate of drug-likeness (QED) is 0.392. The zero-order valence-electron chi connectivity index (χ0n) is 19.9. The zero-order chi connectivity index (χ0) is 25.0. The van der Waals surface area contributed by atoms with Gasteiger partial charge in [0, 0.05) is 5.92 Å². The molecule has 0 bridgehead atoms. The van der Waals surface area contributed by atoms with Gasteiger partial charge in [0.15, 0.2) is 0 Å². The van der Waals surface area contributed by atoms with Crippen molar-refractivity contribution < 1.29 is 34.4 Å². The standard InChI is InChI=1S/C26H33NO7/c1-4-15(11-16-7-6-8-18(29)12-16)9-10-21(30)22-17(5-2)13-19-23(20(22)14-28)25(32)27(24(19)31)26(33)34-3/h6-8,11-12,19-21,23,28-30H,4-5,9-10,13-14H2,1-3H3/b15-11+/t19-,20+,21-,23-/m1/s1. The number of fused-ring (bicyclic) bond motifs is 1. The Labute approximate surface area is 199 Å². The molecule has 1 aromatic carbocycles. The molecule has 8 heteroatoms. The second-order valence-corrected chi connectivity index (χ2v) is 8.83. The summed E-state index contributed by atoms with van der Waals surface area (Å²) in [6.07, 6.45) is 2.61. The predicted octanol–water partition coefficient (Wildman–Crippen LogP) is 3.41. The maximum absolute atomic E-state index is 13.0. The summed E-state index contributed by atoms with van der Waals surface area (Å²) in [5.74, 6) is -3.49. The Hall–Kier alpha value is -2.97. The fourth-order valence-corrected chi connectivity index (χ4v) is 5.25. The molecule has 3 rings (SSSR count). The van der Waals surface area contributed by atoms with E-state index in [1.807, 2.05) is 26.0 Å². The fraction of sp³-hybridized carbons (Fsp3) is 0.500. The largest absolute Gasteiger partial charge is 0.508 e. The zero-order valence-corrected chi connectivity index (χ0v) is 19.9. The van der Waals surface area contributed by atoms with Crippen LogP contribution < -0.4 is 0 Å². The first kappa shape index (κ1) is 25.6. The molecule has 1 saturated heterocycles. The van der Waals surface area contributed by atoms with E-state index in [2.05, 4.69) is 4.74 Å². The molecule has 3 amide bonds. The highest BCUT2D eigenvalue weighted by atomic mass is 16.5. The number of aromatic hydroxyl groups is 1. The van der Waals surface area contributed by atoms with Gasteiger partial charge in [-0.25, -0.2) is 4.79 Å². The van der Waals surface area contributed by atoms with E-state index in [0.29, 0.717) is 29.7 Å². The topological polar surface area (TPSA) is 124 Å². The van der Waals surface area contributed by atoms with Crippen molar-refractivity contribution in [3.05, 3.63) is 46.5 Å². The molecule has 1 fully saturated rings. The molecule has 184 valence electrons. The van der Waals surface area contributed by atoms with Crippen molar-refractivity contribution >= 4 is 24.0 Å². The summed E-state index contributed by atoms with van der Waals surface area (Å²) in [5, 5.41) is 31.1. The van der Waals surface area contributed by atoms with Crippen LogP contribution in [0.4, 0.5) is 4.79 Å². The lowest BCUT2D eigenvalue weighted by Gasteiger charge is -2.36. The Balaban J connectivity index is 1.84. The fourth-order valence-electron chi connectivity index (χ4n) is 5.25. The van der Waals surface area contributed by atoms with Gasteiger partial charge in [0.25, 0.3) is 0 Å². The molecule has 0 spiro atoms. The summed E-state index contributed by atoms with van der Waals surface area (Å²) in [5.41, 5.74) is 3.40. The van der Waals surface area contributed by atoms with E-state index in [-0.39, 0.29) is 12.2 Å². The van der Waals surface area contributed by atoms with Crippen molar-refractivity contribution in [2.45, 2.75) is 52.1 Å². The van der Waals surface area contributed by atoms with Gasteiger partial charge < -0.3 is 20.1 Å². The highest BCUT2D eigenvalue weighted by molar-refractivity contribution is 6.15. The van der Waals surface area contributed by atoms with Crippen LogP contribution in [0.15, 0.2) is 41.0 Å². The number of rotatable bonds is 8. The Morgan fingerprint density at radius 2 is 2.00 bits per heavy atom. The average molecular weight is 472 g/mol. The van der Waals surface area contributed by atoms with Gasteiger partial charge in [0.1, 0.15) is 5.75 Å². The van der Waals surface area contributed by atoms with Gasteiger partial charge in [-0.05, 0) is 55.4 Å². The van der Waals surface area contributed by atoms with Gasteiger partial charge in [0.2, 0.25) is 11.8 Å². The molecule has 0 radical (unpaired) electrons. The summed E-state index contributed by atoms with van der Waals surface area (Å²) in [6.45, 7) is 3.52. The number of amides is 3. The Bertz CT molecular complexity index is 1010. The lowest BCUT2D eigenvalue weighted by molar-refractivity contribution is -0.137. The number of ether oxygens (including phenoxy) is 1. The summed E-state index contributed by atoms with van der Waals surface area (Å²) >= 11 is 0. The lowest BCUT2D eigenvalue weighted by atomic mass is 9.67. The molecule has 8 nitrogen and oxygen atoms in total. The molecule has 34 heavy (non-hydrogen) atoms. The molecule has 2 aliphatic rings. The monoisotopic (exact) mass is 471 g/mol. The lowest BCUT2D eigenvalue weighted by Crippen LogP contribution is -2.40. The SMILES string of the molecule is CCC1=C([C@H](O)CC/C(=C/c2cccc(O)c2)CC)[C@H](CO)[C@@H]2C(=O)N(C(=O)OC)C(=O)[C@@H]2C1. The highest BCUT2D eigenvalue weighted by Gasteiger charge is 2.56. The van der Waals surface area contributed by atoms with Crippen molar-refractivity contribution in [3.63, 3.8) is 0 Å². The van der Waals surface area contributed by atoms with Crippen LogP contribution in [-0.2, 0) is 14.3 Å². The minimum atomic E-state index is -1.02. The van der Waals surface area contributed by atoms with Gasteiger partial charge in [-0.2, -0.15) is 4.90 Å². The number of nitrogens with zero attached hydrogens (tertiary/aromatic N) is 1. The number of allylic oxidation sites excluding steroid dienone is 2. The first-order chi connectivity index (χ1) is 16.3. The van der Waals surface area contributed by atoms with Crippen molar-refractivity contribution in [1.82, 2.24) is 4.90 Å². The molecule has 0 saturated carbocycles. The number of phenolic OH excluding ortho intramolecular Hbond substituents is 1. The number of aliphatic hydroxyl groups excluding tert-OH is 2. The predicted molar refractivity (Wildman–Crippen MR) is 125 cm³/mol. The molecule has 0 aromatic heterocycles. The third kappa shape index (κ3) is 4.93. The molecule has 4 atom stereocenters. The Morgan fingerprint density at radius 3 is 2.59 bits per heavy atom. The third-order valence-electron chi connectivity index (χ3n) is 6.96. The maximum atomic E-state index is 13.0. The molecule has 1 heterocycles. The smallest absolute Gasteiger partial charge is 0.423 e. The number of carbonyl (C=O) groups excluding carboxylic acids is 3. The normalized spacial score (nSPS) is 23.9. The molecule has 1 aliphatic heterocycles. The minimum Gasteiger partial charge on any atom is -0.508 e. The summed E-state index contributed by atoms with van der Waals surface area (Å²) in [4.78, 5) is 38.4. The number of imide groups is 3. The number of carbonyl (C=O) groups is 3. The molecule has 0 unspecified atom stereocenters. The van der Waals surface area contributed by atoms with Gasteiger partial charge in [-0.15, -0.1) is 0 Å². The van der Waals surface area contributed by atoms with E-state index in [9.17, 15) is 29.7 Å². The van der Waals surface area contributed by atoms with Crippen LogP contribution in [-0.4, -0.2) is 57.9 Å². The van der Waals surface area contributed by atoms with Gasteiger partial charge in [-0.3, -0.25) is 9.59 Å². The molecular weight excluding hydrogens is 438 g/mol. The van der Waals surface area contributed by atoms with E-state index < -0.39 is 48.4 Å². The number of hydrogen-bond acceptors (Lipinski definition) is 7. The van der Waals surface area contributed by atoms with E-state index in [1.54, 1.807) is 18.2 Å².